The number of nitrogens with zero attached hydrogens (tertiary/aromatic N) is 11. The monoisotopic (exact) mass is 1330 g/mol. The number of nitrogens with one attached hydrogen (secondary N) is 1. The van der Waals surface area contributed by atoms with Crippen molar-refractivity contribution in [2.24, 2.45) is 0 Å². The highest BCUT2D eigenvalue weighted by Crippen LogP contribution is 2.47. The number of H-pyrrole nitrogens is 1. The third-order valence-electron chi connectivity index (χ3n) is 18.5. The lowest BCUT2D eigenvalue weighted by molar-refractivity contribution is -0.0511. The Labute approximate surface area is 531 Å². The van der Waals surface area contributed by atoms with Gasteiger partial charge >= 0.3 is 0 Å². The van der Waals surface area contributed by atoms with Gasteiger partial charge in [-0.05, 0) is 90.8 Å². The van der Waals surface area contributed by atoms with Gasteiger partial charge < -0.3 is 63.1 Å². The summed E-state index contributed by atoms with van der Waals surface area (Å²) in [5, 5.41) is 57.7. The molecule has 3 fully saturated rings. The number of aliphatic hydroxyl groups is 6. The van der Waals surface area contributed by atoms with Gasteiger partial charge in [0.15, 0.2) is 77.1 Å². The summed E-state index contributed by atoms with van der Waals surface area (Å²) in [6.45, 7) is 32.9. The third-order valence-corrected chi connectivity index (χ3v) is 32.0. The number of fused-ring (bicyclic) bond motifs is 3. The molecule has 500 valence electrons. The molecule has 0 aliphatic carbocycles. The zero-order chi connectivity index (χ0) is 67.5. The van der Waals surface area contributed by atoms with Gasteiger partial charge in [-0.2, -0.15) is 0 Å². The van der Waals surface area contributed by atoms with E-state index in [1.54, 1.807) is 29.1 Å². The highest BCUT2D eigenvalue weighted by atomic mass is 28.4. The fourth-order valence-electron chi connectivity index (χ4n) is 9.96. The highest BCUT2D eigenvalue weighted by Gasteiger charge is 2.56. The second-order valence-electron chi connectivity index (χ2n) is 27.8. The van der Waals surface area contributed by atoms with E-state index in [-0.39, 0.29) is 43.0 Å². The number of ether oxygens (including phenoxy) is 3. The number of aromatic nitrogens is 12. The lowest BCUT2D eigenvalue weighted by Gasteiger charge is -2.44. The van der Waals surface area contributed by atoms with Crippen LogP contribution in [0.4, 0.5) is 8.78 Å². The molecule has 12 atom stereocenters. The molecule has 0 saturated carbocycles. The molecule has 0 bridgehead atoms. The Kier molecular flexibility index (Phi) is 20.0. The van der Waals surface area contributed by atoms with Crippen LogP contribution in [0.2, 0.25) is 54.4 Å². The minimum atomic E-state index is -2.38. The summed E-state index contributed by atoms with van der Waals surface area (Å²) in [7, 11) is -6.84. The Bertz CT molecular complexity index is 4100. The first-order chi connectivity index (χ1) is 42.9. The van der Waals surface area contributed by atoms with Gasteiger partial charge in [0, 0.05) is 0 Å². The van der Waals surface area contributed by atoms with Crippen molar-refractivity contribution in [2.75, 3.05) is 19.8 Å². The normalized spacial score (nSPS) is 24.9. The molecule has 0 spiro atoms. The van der Waals surface area contributed by atoms with Crippen LogP contribution in [0, 0.1) is 11.6 Å². The standard InChI is InChI=1S/C34H57FN4O5Si3.C16H15FN4O5.C10H12N4O5/c1-32(2,3)45(10,11)41-20-25-27(43-46(12,13)33(4,5)6)28(44-47(14,15)34(7,8)9)31(42-25)39-21-36-26-29(39)37-22-38(30(26)40)24-18-16-17-23(35)19-24;17-8-2-1-3-9(4-8)20-7-19-14-11(15(20)25)18-6-21(14)16-13(24)12(23)10(5-22)26-16;15-1-4-6(16)7(17)10(19-4)14-3-13-5-8(14)11-2-12-9(5)18/h16-19,21-22,25,27-28,31H,20H2,1-15H3;1-4,6-7,10,12-13,16,22-24H,5H2;2-4,6-7,10,15-17H,1H2,(H,11,12,18)/t25-,27?,28+,31-;10-,12?,13+,16-;4-,6?,7+,10-/m111/s1. The predicted octanol–water partition coefficient (Wildman–Crippen LogP) is 5.49. The zero-order valence-corrected chi connectivity index (χ0v) is 57.2. The summed E-state index contributed by atoms with van der Waals surface area (Å²) in [4.78, 5) is 65.5. The van der Waals surface area contributed by atoms with E-state index < -0.39 is 140 Å². The average Bonchev–Trinajstić information content (AvgIpc) is 1.60. The minimum Gasteiger partial charge on any atom is -0.414 e. The van der Waals surface area contributed by atoms with Gasteiger partial charge in [0.05, 0.1) is 56.5 Å². The topological polar surface area (TPSA) is 346 Å². The van der Waals surface area contributed by atoms with E-state index in [1.807, 2.05) is 0 Å². The lowest BCUT2D eigenvalue weighted by Crippen LogP contribution is -2.54. The first-order valence-corrected chi connectivity index (χ1v) is 38.8. The largest absolute Gasteiger partial charge is 0.414 e. The Morgan fingerprint density at radius 3 is 1.30 bits per heavy atom. The molecule has 8 aromatic rings. The van der Waals surface area contributed by atoms with Gasteiger partial charge in [-0.15, -0.1) is 0 Å². The van der Waals surface area contributed by atoms with Crippen molar-refractivity contribution in [3.8, 4) is 11.4 Å². The summed E-state index contributed by atoms with van der Waals surface area (Å²) in [6.07, 6.45) is -2.94. The van der Waals surface area contributed by atoms with E-state index in [0.29, 0.717) is 23.6 Å². The van der Waals surface area contributed by atoms with Crippen LogP contribution >= 0.6 is 0 Å². The molecule has 3 aliphatic heterocycles. The molecule has 3 saturated heterocycles. The number of benzene rings is 2. The van der Waals surface area contributed by atoms with Crippen LogP contribution in [-0.4, -0.2) is 188 Å². The van der Waals surface area contributed by atoms with Crippen LogP contribution in [0.25, 0.3) is 44.9 Å². The van der Waals surface area contributed by atoms with Crippen LogP contribution in [0.1, 0.15) is 81.0 Å². The van der Waals surface area contributed by atoms with Gasteiger partial charge in [-0.25, -0.2) is 38.7 Å². The van der Waals surface area contributed by atoms with Crippen LogP contribution in [0.5, 0.6) is 0 Å². The molecule has 9 heterocycles. The van der Waals surface area contributed by atoms with Crippen molar-refractivity contribution < 1.29 is 66.9 Å². The van der Waals surface area contributed by atoms with Crippen molar-refractivity contribution in [1.82, 2.24) is 57.7 Å². The SMILES string of the molecule is CC(C)(C)[Si](C)(C)OC[C@H]1O[C@@H](n2cnc3c(=O)n(-c4cccc(F)c4)cnc32)[C@@H](O[Si](C)(C)C(C)(C)C)C1O[Si](C)(C)C(C)(C)C.O=c1[nH]cnc2c1ncn2[C@@H]1O[C@H](CO)C(O)[C@@H]1O.O=c1c2ncn([C@@H]3O[C@H](CO)C(O)[C@@H]3O)c2ncn1-c1cccc(F)c1. The highest BCUT2D eigenvalue weighted by molar-refractivity contribution is 6.75. The predicted molar refractivity (Wildman–Crippen MR) is 342 cm³/mol. The Morgan fingerprint density at radius 2 is 0.902 bits per heavy atom. The number of imidazole rings is 3. The first-order valence-electron chi connectivity index (χ1n) is 30.1. The van der Waals surface area contributed by atoms with Gasteiger partial charge in [-0.1, -0.05) is 74.4 Å². The lowest BCUT2D eigenvalue weighted by atomic mass is 10.1. The molecule has 3 unspecified atom stereocenters. The number of aliphatic hydroxyl groups excluding tert-OH is 6. The van der Waals surface area contributed by atoms with E-state index >= 15 is 0 Å². The van der Waals surface area contributed by atoms with Crippen LogP contribution in [-0.2, 0) is 27.5 Å². The maximum Gasteiger partial charge on any atom is 0.286 e. The summed E-state index contributed by atoms with van der Waals surface area (Å²) >= 11 is 0. The molecule has 32 heteroatoms. The summed E-state index contributed by atoms with van der Waals surface area (Å²) in [5.74, 6) is -0.935. The summed E-state index contributed by atoms with van der Waals surface area (Å²) < 4.78 is 73.4. The summed E-state index contributed by atoms with van der Waals surface area (Å²) in [6, 6.07) is 11.3. The maximum absolute atomic E-state index is 14.0. The Morgan fingerprint density at radius 1 is 0.511 bits per heavy atom. The van der Waals surface area contributed by atoms with E-state index in [0.717, 1.165) is 4.57 Å². The van der Waals surface area contributed by atoms with Gasteiger partial charge in [-0.3, -0.25) is 37.2 Å². The van der Waals surface area contributed by atoms with Gasteiger partial charge in [0.25, 0.3) is 16.7 Å². The second kappa shape index (κ2) is 26.4. The van der Waals surface area contributed by atoms with Crippen molar-refractivity contribution in [2.45, 2.75) is 190 Å². The van der Waals surface area contributed by atoms with E-state index in [9.17, 15) is 48.7 Å². The maximum atomic E-state index is 14.0. The fourth-order valence-corrected chi connectivity index (χ4v) is 13.6. The molecule has 3 aliphatic rings. The molecule has 11 rings (SSSR count). The van der Waals surface area contributed by atoms with E-state index in [1.165, 1.54) is 75.7 Å². The van der Waals surface area contributed by atoms with E-state index in [4.69, 9.17) is 32.6 Å². The van der Waals surface area contributed by atoms with Crippen molar-refractivity contribution >= 4 is 58.4 Å². The molecule has 7 N–H and O–H groups in total. The molecule has 27 nitrogen and oxygen atoms in total. The Balaban J connectivity index is 0.000000184. The number of hydrogen-bond donors (Lipinski definition) is 7. The average molecular weight is 1340 g/mol. The molecule has 0 amide bonds. The van der Waals surface area contributed by atoms with Crippen LogP contribution < -0.4 is 16.7 Å². The fraction of sp³-hybridized carbons (Fsp3) is 0.550. The number of rotatable bonds is 14. The number of halogens is 2. The van der Waals surface area contributed by atoms with Crippen LogP contribution in [0.3, 0.4) is 0 Å². The third kappa shape index (κ3) is 13.7. The van der Waals surface area contributed by atoms with E-state index in [2.05, 4.69) is 136 Å². The molecular weight excluding hydrogens is 1250 g/mol. The van der Waals surface area contributed by atoms with Crippen LogP contribution in [0.15, 0.2) is 101 Å². The van der Waals surface area contributed by atoms with Crippen molar-refractivity contribution in [1.29, 1.82) is 0 Å². The van der Waals surface area contributed by atoms with Crippen molar-refractivity contribution in [3.05, 3.63) is 129 Å². The summed E-state index contributed by atoms with van der Waals surface area (Å²) in [5.41, 5.74) is 0.356. The van der Waals surface area contributed by atoms with Gasteiger partial charge in [0.1, 0.15) is 79.2 Å². The first kappa shape index (κ1) is 69.9. The quantitative estimate of drug-likeness (QED) is 0.0662. The smallest absolute Gasteiger partial charge is 0.286 e. The van der Waals surface area contributed by atoms with Crippen molar-refractivity contribution in [3.63, 3.8) is 0 Å². The van der Waals surface area contributed by atoms with Gasteiger partial charge in [0.2, 0.25) is 0 Å². The number of aromatic amines is 1. The zero-order valence-electron chi connectivity index (χ0n) is 54.2. The molecule has 92 heavy (non-hydrogen) atoms. The number of hydrogen-bond acceptors (Lipinski definition) is 21. The minimum absolute atomic E-state index is 0.00509. The molecule has 0 radical (unpaired) electrons. The Hall–Kier alpha value is -6.48. The second-order valence-corrected chi connectivity index (χ2v) is 42.1. The molecular formula is C60H84F2N12O15Si3. The molecule has 2 aromatic carbocycles. The molecule has 6 aromatic heterocycles.